The number of anilines is 3. The Balaban J connectivity index is 1.86. The number of halogens is 3. The Hall–Kier alpha value is -2.93. The van der Waals surface area contributed by atoms with Gasteiger partial charge in [-0.25, -0.2) is 8.78 Å². The van der Waals surface area contributed by atoms with E-state index in [9.17, 15) is 13.6 Å². The van der Waals surface area contributed by atoms with E-state index in [4.69, 9.17) is 11.6 Å². The Morgan fingerprint density at radius 1 is 1.25 bits per heavy atom. The van der Waals surface area contributed by atoms with Crippen LogP contribution in [0.1, 0.15) is 36.5 Å². The van der Waals surface area contributed by atoms with Crippen molar-refractivity contribution in [2.45, 2.75) is 33.1 Å². The van der Waals surface area contributed by atoms with Gasteiger partial charge in [0.1, 0.15) is 0 Å². The van der Waals surface area contributed by atoms with Crippen molar-refractivity contribution in [2.75, 3.05) is 23.4 Å². The van der Waals surface area contributed by atoms with E-state index < -0.39 is 6.43 Å². The van der Waals surface area contributed by atoms with Crippen LogP contribution in [0, 0.1) is 6.92 Å². The number of fused-ring (bicyclic) bond motifs is 1. The number of alkyl halides is 2. The summed E-state index contributed by atoms with van der Waals surface area (Å²) in [6, 6.07) is 7.18. The normalized spacial score (nSPS) is 13.4. The molecular formula is C24H25ClF2N4O. The third-order valence-electron chi connectivity index (χ3n) is 6.07. The van der Waals surface area contributed by atoms with Crippen LogP contribution in [0.4, 0.5) is 25.8 Å². The maximum atomic E-state index is 14.1. The van der Waals surface area contributed by atoms with Gasteiger partial charge in [0.05, 0.1) is 6.20 Å². The van der Waals surface area contributed by atoms with Crippen LogP contribution in [0.3, 0.4) is 0 Å². The van der Waals surface area contributed by atoms with Gasteiger partial charge >= 0.3 is 0 Å². The van der Waals surface area contributed by atoms with Crippen LogP contribution in [0.5, 0.6) is 0 Å². The number of hydrogen-bond donors (Lipinski definition) is 0. The largest absolute Gasteiger partial charge is 0.341 e. The molecule has 1 aliphatic heterocycles. The molecule has 32 heavy (non-hydrogen) atoms. The van der Waals surface area contributed by atoms with Gasteiger partial charge in [-0.05, 0) is 60.7 Å². The highest BCUT2D eigenvalue weighted by atomic mass is 35.5. The molecule has 0 unspecified atom stereocenters. The molecule has 168 valence electrons. The number of amides is 1. The Morgan fingerprint density at radius 2 is 2.00 bits per heavy atom. The lowest BCUT2D eigenvalue weighted by atomic mass is 9.92. The average Bonchev–Trinajstić information content (AvgIpc) is 3.19. The molecule has 3 aromatic rings. The van der Waals surface area contributed by atoms with E-state index in [1.807, 2.05) is 30.0 Å². The van der Waals surface area contributed by atoms with Crippen molar-refractivity contribution in [3.05, 3.63) is 58.4 Å². The predicted octanol–water partition coefficient (Wildman–Crippen LogP) is 6.05. The van der Waals surface area contributed by atoms with E-state index in [0.717, 1.165) is 35.3 Å². The van der Waals surface area contributed by atoms with Crippen LogP contribution in [0.15, 0.2) is 36.7 Å². The van der Waals surface area contributed by atoms with Crippen molar-refractivity contribution in [3.63, 3.8) is 0 Å². The van der Waals surface area contributed by atoms with Crippen molar-refractivity contribution in [1.29, 1.82) is 0 Å². The quantitative estimate of drug-likeness (QED) is 0.477. The summed E-state index contributed by atoms with van der Waals surface area (Å²) in [5.41, 5.74) is 5.17. The molecule has 0 spiro atoms. The molecule has 4 rings (SSSR count). The van der Waals surface area contributed by atoms with Crippen molar-refractivity contribution in [1.82, 2.24) is 9.78 Å². The Kier molecular flexibility index (Phi) is 5.95. The summed E-state index contributed by atoms with van der Waals surface area (Å²) in [5.74, 6) is -0.110. The molecule has 0 aliphatic carbocycles. The standard InChI is InChI=1S/C24H25ClF2N4O/c1-14-21(25)9-18(10-22(14)30(4)15(2)32)31-7-5-6-16-8-19(17-12-28-29(3)13-17)20(24(26)27)11-23(16)31/h8-13,24H,5-7H2,1-4H3. The second kappa shape index (κ2) is 8.54. The molecule has 5 nitrogen and oxygen atoms in total. The molecule has 2 aromatic carbocycles. The number of aromatic nitrogens is 2. The molecule has 0 bridgehead atoms. The molecule has 8 heteroatoms. The summed E-state index contributed by atoms with van der Waals surface area (Å²) in [5, 5.41) is 4.67. The molecule has 0 radical (unpaired) electrons. The highest BCUT2D eigenvalue weighted by molar-refractivity contribution is 6.32. The summed E-state index contributed by atoms with van der Waals surface area (Å²) < 4.78 is 29.8. The van der Waals surface area contributed by atoms with Gasteiger partial charge in [-0.3, -0.25) is 9.48 Å². The minimum Gasteiger partial charge on any atom is -0.341 e. The molecule has 1 aliphatic rings. The fourth-order valence-corrected chi connectivity index (χ4v) is 4.44. The second-order valence-electron chi connectivity index (χ2n) is 8.18. The zero-order valence-electron chi connectivity index (χ0n) is 18.5. The number of aryl methyl sites for hydroxylation is 2. The van der Waals surface area contributed by atoms with Gasteiger partial charge in [-0.2, -0.15) is 5.10 Å². The summed E-state index contributed by atoms with van der Waals surface area (Å²) in [6.45, 7) is 4.02. The zero-order valence-corrected chi connectivity index (χ0v) is 19.2. The van der Waals surface area contributed by atoms with Crippen LogP contribution in [0.25, 0.3) is 11.1 Å². The van der Waals surface area contributed by atoms with Crippen molar-refractivity contribution in [2.24, 2.45) is 7.05 Å². The molecule has 0 saturated carbocycles. The van der Waals surface area contributed by atoms with Gasteiger partial charge in [-0.15, -0.1) is 0 Å². The van der Waals surface area contributed by atoms with Crippen LogP contribution in [-0.2, 0) is 18.3 Å². The molecule has 0 fully saturated rings. The first-order valence-electron chi connectivity index (χ1n) is 10.4. The number of nitrogens with zero attached hydrogens (tertiary/aromatic N) is 4. The lowest BCUT2D eigenvalue weighted by molar-refractivity contribution is -0.116. The highest BCUT2D eigenvalue weighted by Crippen LogP contribution is 2.43. The van der Waals surface area contributed by atoms with Crippen molar-refractivity contribution >= 4 is 34.6 Å². The molecular weight excluding hydrogens is 434 g/mol. The number of rotatable bonds is 4. The Labute approximate surface area is 191 Å². The first kappa shape index (κ1) is 22.3. The SMILES string of the molecule is CC(=O)N(C)c1cc(N2CCCc3cc(-c4cnn(C)c4)c(C(F)F)cc32)cc(Cl)c1C. The topological polar surface area (TPSA) is 41.4 Å². The van der Waals surface area contributed by atoms with Crippen LogP contribution < -0.4 is 9.80 Å². The molecule has 0 N–H and O–H groups in total. The molecule has 0 atom stereocenters. The summed E-state index contributed by atoms with van der Waals surface area (Å²) >= 11 is 6.51. The van der Waals surface area contributed by atoms with Crippen molar-refractivity contribution in [3.8, 4) is 11.1 Å². The smallest absolute Gasteiger partial charge is 0.264 e. The van der Waals surface area contributed by atoms with E-state index in [1.54, 1.807) is 42.1 Å². The van der Waals surface area contributed by atoms with E-state index in [2.05, 4.69) is 5.10 Å². The lowest BCUT2D eigenvalue weighted by Crippen LogP contribution is -2.27. The first-order chi connectivity index (χ1) is 15.2. The molecule has 2 heterocycles. The maximum absolute atomic E-state index is 14.1. The minimum absolute atomic E-state index is 0.0251. The van der Waals surface area contributed by atoms with E-state index in [-0.39, 0.29) is 11.5 Å². The maximum Gasteiger partial charge on any atom is 0.264 e. The molecule has 1 aromatic heterocycles. The van der Waals surface area contributed by atoms with Crippen molar-refractivity contribution < 1.29 is 13.6 Å². The van der Waals surface area contributed by atoms with Gasteiger partial charge in [0.15, 0.2) is 0 Å². The van der Waals surface area contributed by atoms with E-state index >= 15 is 0 Å². The third kappa shape index (κ3) is 3.97. The molecule has 0 saturated heterocycles. The van der Waals surface area contributed by atoms with Gasteiger partial charge in [0.25, 0.3) is 6.43 Å². The zero-order chi connectivity index (χ0) is 23.2. The third-order valence-corrected chi connectivity index (χ3v) is 6.46. The van der Waals surface area contributed by atoms with Crippen LogP contribution in [-0.4, -0.2) is 29.3 Å². The van der Waals surface area contributed by atoms with E-state index in [0.29, 0.717) is 28.4 Å². The first-order valence-corrected chi connectivity index (χ1v) is 10.8. The monoisotopic (exact) mass is 458 g/mol. The Morgan fingerprint density at radius 3 is 2.62 bits per heavy atom. The van der Waals surface area contributed by atoms with Gasteiger partial charge in [0.2, 0.25) is 5.91 Å². The van der Waals surface area contributed by atoms with Gasteiger partial charge in [0, 0.05) is 67.0 Å². The fraction of sp³-hybridized carbons (Fsp3) is 0.333. The molecule has 1 amide bonds. The van der Waals surface area contributed by atoms with Gasteiger partial charge < -0.3 is 9.80 Å². The van der Waals surface area contributed by atoms with E-state index in [1.165, 1.54) is 6.92 Å². The Bertz CT molecular complexity index is 1190. The number of carbonyl (C=O) groups excluding carboxylic acids is 1. The fourth-order valence-electron chi connectivity index (χ4n) is 4.23. The summed E-state index contributed by atoms with van der Waals surface area (Å²) in [7, 11) is 3.46. The average molecular weight is 459 g/mol. The number of benzene rings is 2. The predicted molar refractivity (Wildman–Crippen MR) is 124 cm³/mol. The van der Waals surface area contributed by atoms with Gasteiger partial charge in [-0.1, -0.05) is 11.6 Å². The minimum atomic E-state index is -2.62. The summed E-state index contributed by atoms with van der Waals surface area (Å²) in [6.07, 6.45) is 2.40. The number of hydrogen-bond acceptors (Lipinski definition) is 3. The van der Waals surface area contributed by atoms with Crippen LogP contribution >= 0.6 is 11.6 Å². The van der Waals surface area contributed by atoms with Crippen LogP contribution in [0.2, 0.25) is 5.02 Å². The number of carbonyl (C=O) groups is 1. The highest BCUT2D eigenvalue weighted by Gasteiger charge is 2.26. The lowest BCUT2D eigenvalue weighted by Gasteiger charge is -2.33. The second-order valence-corrected chi connectivity index (χ2v) is 8.58. The summed E-state index contributed by atoms with van der Waals surface area (Å²) in [4.78, 5) is 15.5.